The van der Waals surface area contributed by atoms with Crippen molar-refractivity contribution in [3.05, 3.63) is 53.8 Å². The van der Waals surface area contributed by atoms with Gasteiger partial charge >= 0.3 is 6.03 Å². The van der Waals surface area contributed by atoms with Gasteiger partial charge < -0.3 is 25.0 Å². The normalized spacial score (nSPS) is 14.2. The molecule has 2 aromatic carbocycles. The van der Waals surface area contributed by atoms with E-state index in [9.17, 15) is 14.0 Å². The number of hydrogen-bond donors (Lipinski definition) is 2. The first-order valence-electron chi connectivity index (χ1n) is 9.81. The average Bonchev–Trinajstić information content (AvgIpc) is 2.78. The number of carbonyl (C=O) groups is 2. The zero-order chi connectivity index (χ0) is 21.5. The summed E-state index contributed by atoms with van der Waals surface area (Å²) in [6.45, 7) is 1.73. The van der Waals surface area contributed by atoms with Gasteiger partial charge in [-0.3, -0.25) is 4.79 Å². The van der Waals surface area contributed by atoms with Gasteiger partial charge in [-0.05, 0) is 55.2 Å². The summed E-state index contributed by atoms with van der Waals surface area (Å²) in [7, 11) is 3.08. The average molecular weight is 415 g/mol. The second kappa shape index (κ2) is 9.96. The summed E-state index contributed by atoms with van der Waals surface area (Å²) in [5.41, 5.74) is 1.03. The molecule has 1 aliphatic rings. The van der Waals surface area contributed by atoms with Crippen LogP contribution >= 0.6 is 0 Å². The lowest BCUT2D eigenvalue weighted by Gasteiger charge is -2.32. The minimum Gasteiger partial charge on any atom is -0.497 e. The maximum Gasteiger partial charge on any atom is 0.321 e. The molecule has 3 amide bonds. The Morgan fingerprint density at radius 1 is 1.03 bits per heavy atom. The third kappa shape index (κ3) is 5.62. The van der Waals surface area contributed by atoms with E-state index >= 15 is 0 Å². The van der Waals surface area contributed by atoms with E-state index in [1.54, 1.807) is 23.1 Å². The molecule has 0 atom stereocenters. The first-order valence-corrected chi connectivity index (χ1v) is 9.81. The molecule has 1 saturated heterocycles. The second-order valence-electron chi connectivity index (χ2n) is 7.18. The number of anilines is 1. The lowest BCUT2D eigenvalue weighted by molar-refractivity contribution is 0.0938. The van der Waals surface area contributed by atoms with Crippen molar-refractivity contribution >= 4 is 17.6 Å². The smallest absolute Gasteiger partial charge is 0.321 e. The van der Waals surface area contributed by atoms with E-state index in [-0.39, 0.29) is 23.7 Å². The number of rotatable bonds is 6. The van der Waals surface area contributed by atoms with E-state index in [1.807, 2.05) is 0 Å². The van der Waals surface area contributed by atoms with Gasteiger partial charge in [0.1, 0.15) is 17.3 Å². The topological polar surface area (TPSA) is 79.9 Å². The molecule has 0 spiro atoms. The summed E-state index contributed by atoms with van der Waals surface area (Å²) < 4.78 is 23.4. The van der Waals surface area contributed by atoms with Gasteiger partial charge in [0.05, 0.1) is 14.2 Å². The Kier molecular flexibility index (Phi) is 7.11. The van der Waals surface area contributed by atoms with Crippen molar-refractivity contribution in [3.8, 4) is 11.5 Å². The number of nitrogens with zero attached hydrogens (tertiary/aromatic N) is 1. The minimum atomic E-state index is -0.344. The number of hydrogen-bond acceptors (Lipinski definition) is 4. The summed E-state index contributed by atoms with van der Waals surface area (Å²) in [6, 6.07) is 10.5. The predicted molar refractivity (Wildman–Crippen MR) is 112 cm³/mol. The molecule has 0 aromatic heterocycles. The molecule has 0 bridgehead atoms. The number of urea groups is 1. The van der Waals surface area contributed by atoms with Crippen molar-refractivity contribution in [2.24, 2.45) is 5.92 Å². The fourth-order valence-corrected chi connectivity index (χ4v) is 3.35. The lowest BCUT2D eigenvalue weighted by Crippen LogP contribution is -2.43. The van der Waals surface area contributed by atoms with Crippen molar-refractivity contribution in [1.29, 1.82) is 0 Å². The number of ether oxygens (including phenoxy) is 2. The highest BCUT2D eigenvalue weighted by atomic mass is 19.1. The molecular formula is C22H26FN3O4. The highest BCUT2D eigenvalue weighted by Crippen LogP contribution is 2.23. The van der Waals surface area contributed by atoms with E-state index in [0.717, 1.165) is 12.8 Å². The van der Waals surface area contributed by atoms with Crippen LogP contribution in [0.3, 0.4) is 0 Å². The molecule has 0 aliphatic carbocycles. The van der Waals surface area contributed by atoms with Crippen LogP contribution in [0.25, 0.3) is 0 Å². The van der Waals surface area contributed by atoms with Crippen LogP contribution in [0.5, 0.6) is 11.5 Å². The molecule has 0 unspecified atom stereocenters. The number of piperidine rings is 1. The number of nitrogens with one attached hydrogen (secondary N) is 2. The Morgan fingerprint density at radius 2 is 1.63 bits per heavy atom. The van der Waals surface area contributed by atoms with Crippen molar-refractivity contribution in [1.82, 2.24) is 10.2 Å². The summed E-state index contributed by atoms with van der Waals surface area (Å²) in [5.74, 6) is 0.864. The summed E-state index contributed by atoms with van der Waals surface area (Å²) in [6.07, 6.45) is 1.58. The van der Waals surface area contributed by atoms with Crippen LogP contribution in [0.15, 0.2) is 42.5 Å². The minimum absolute atomic E-state index is 0.191. The SMILES string of the molecule is COc1cc(OC)cc(C(=O)NCC2CCN(C(=O)Nc3ccc(F)cc3)CC2)c1. The summed E-state index contributed by atoms with van der Waals surface area (Å²) in [5, 5.41) is 5.73. The molecule has 0 radical (unpaired) electrons. The molecule has 3 rings (SSSR count). The van der Waals surface area contributed by atoms with Gasteiger partial charge in [0.2, 0.25) is 0 Å². The molecule has 1 fully saturated rings. The van der Waals surface area contributed by atoms with Crippen molar-refractivity contribution in [2.75, 3.05) is 39.2 Å². The first-order chi connectivity index (χ1) is 14.5. The second-order valence-corrected chi connectivity index (χ2v) is 7.18. The molecular weight excluding hydrogens is 389 g/mol. The molecule has 160 valence electrons. The van der Waals surface area contributed by atoms with Crippen LogP contribution in [-0.2, 0) is 0 Å². The molecule has 30 heavy (non-hydrogen) atoms. The van der Waals surface area contributed by atoms with Gasteiger partial charge in [-0.1, -0.05) is 0 Å². The molecule has 0 saturated carbocycles. The number of amides is 3. The third-order valence-corrected chi connectivity index (χ3v) is 5.16. The number of methoxy groups -OCH3 is 2. The van der Waals surface area contributed by atoms with E-state index in [1.165, 1.54) is 38.5 Å². The Balaban J connectivity index is 1.46. The fraction of sp³-hybridized carbons (Fsp3) is 0.364. The van der Waals surface area contributed by atoms with Crippen LogP contribution in [0, 0.1) is 11.7 Å². The number of benzene rings is 2. The first kappa shape index (κ1) is 21.4. The monoisotopic (exact) mass is 415 g/mol. The largest absolute Gasteiger partial charge is 0.497 e. The van der Waals surface area contributed by atoms with Gasteiger partial charge in [-0.15, -0.1) is 0 Å². The van der Waals surface area contributed by atoms with Crippen molar-refractivity contribution in [3.63, 3.8) is 0 Å². The Hall–Kier alpha value is -3.29. The predicted octanol–water partition coefficient (Wildman–Crippen LogP) is 3.52. The van der Waals surface area contributed by atoms with Gasteiger partial charge in [-0.25, -0.2) is 9.18 Å². The maximum atomic E-state index is 13.0. The Morgan fingerprint density at radius 3 is 2.20 bits per heavy atom. The Labute approximate surface area is 175 Å². The molecule has 2 aromatic rings. The van der Waals surface area contributed by atoms with E-state index in [0.29, 0.717) is 42.4 Å². The van der Waals surface area contributed by atoms with Gasteiger partial charge in [0, 0.05) is 37.0 Å². The standard InChI is InChI=1S/C22H26FN3O4/c1-29-19-11-16(12-20(13-19)30-2)21(27)24-14-15-7-9-26(10-8-15)22(28)25-18-5-3-17(23)4-6-18/h3-6,11-13,15H,7-10,14H2,1-2H3,(H,24,27)(H,25,28). The quantitative estimate of drug-likeness (QED) is 0.757. The van der Waals surface area contributed by atoms with Crippen molar-refractivity contribution in [2.45, 2.75) is 12.8 Å². The Bertz CT molecular complexity index is 858. The molecule has 1 heterocycles. The van der Waals surface area contributed by atoms with Gasteiger partial charge in [0.25, 0.3) is 5.91 Å². The zero-order valence-corrected chi connectivity index (χ0v) is 17.1. The fourth-order valence-electron chi connectivity index (χ4n) is 3.35. The third-order valence-electron chi connectivity index (χ3n) is 5.16. The van der Waals surface area contributed by atoms with Crippen molar-refractivity contribution < 1.29 is 23.5 Å². The number of likely N-dealkylation sites (tertiary alicyclic amines) is 1. The highest BCUT2D eigenvalue weighted by Gasteiger charge is 2.23. The van der Waals surface area contributed by atoms with Crippen LogP contribution in [0.4, 0.5) is 14.9 Å². The van der Waals surface area contributed by atoms with Crippen LogP contribution in [0.1, 0.15) is 23.2 Å². The van der Waals surface area contributed by atoms with E-state index in [2.05, 4.69) is 10.6 Å². The molecule has 1 aliphatic heterocycles. The van der Waals surface area contributed by atoms with Crippen LogP contribution in [0.2, 0.25) is 0 Å². The number of halogens is 1. The van der Waals surface area contributed by atoms with E-state index < -0.39 is 0 Å². The highest BCUT2D eigenvalue weighted by molar-refractivity contribution is 5.95. The molecule has 2 N–H and O–H groups in total. The zero-order valence-electron chi connectivity index (χ0n) is 17.1. The lowest BCUT2D eigenvalue weighted by atomic mass is 9.97. The van der Waals surface area contributed by atoms with Crippen LogP contribution < -0.4 is 20.1 Å². The van der Waals surface area contributed by atoms with Gasteiger partial charge in [0.15, 0.2) is 0 Å². The van der Waals surface area contributed by atoms with Crippen LogP contribution in [-0.4, -0.2) is 50.7 Å². The summed E-state index contributed by atoms with van der Waals surface area (Å²) in [4.78, 5) is 26.6. The van der Waals surface area contributed by atoms with E-state index in [4.69, 9.17) is 9.47 Å². The molecule has 8 heteroatoms. The van der Waals surface area contributed by atoms with Gasteiger partial charge in [-0.2, -0.15) is 0 Å². The maximum absolute atomic E-state index is 13.0. The number of carbonyl (C=O) groups excluding carboxylic acids is 2. The molecule has 7 nitrogen and oxygen atoms in total. The summed E-state index contributed by atoms with van der Waals surface area (Å²) >= 11 is 0.